The summed E-state index contributed by atoms with van der Waals surface area (Å²) in [4.78, 5) is 8.22. The molecule has 0 fully saturated rings. The Morgan fingerprint density at radius 3 is 2.69 bits per heavy atom. The van der Waals surface area contributed by atoms with Gasteiger partial charge in [-0.1, -0.05) is 0 Å². The van der Waals surface area contributed by atoms with Gasteiger partial charge in [0.15, 0.2) is 5.82 Å². The van der Waals surface area contributed by atoms with E-state index in [2.05, 4.69) is 20.7 Å². The van der Waals surface area contributed by atoms with Crippen LogP contribution in [0, 0.1) is 0 Å². The van der Waals surface area contributed by atoms with E-state index in [0.29, 0.717) is 24.1 Å². The fourth-order valence-electron chi connectivity index (χ4n) is 0.893. The van der Waals surface area contributed by atoms with Crippen molar-refractivity contribution in [3.8, 4) is 0 Å². The smallest absolute Gasteiger partial charge is 0.158 e. The largest absolute Gasteiger partial charge is 0.377 e. The van der Waals surface area contributed by atoms with Crippen molar-refractivity contribution in [1.29, 1.82) is 0 Å². The van der Waals surface area contributed by atoms with E-state index < -0.39 is 0 Å². The van der Waals surface area contributed by atoms with E-state index in [1.54, 1.807) is 20.2 Å². The lowest BCUT2D eigenvalue weighted by molar-refractivity contribution is 0.178. The number of hydrazine groups is 1. The first-order valence-electron chi connectivity index (χ1n) is 3.81. The number of ether oxygens (including phenoxy) is 1. The van der Waals surface area contributed by atoms with Crippen molar-refractivity contribution in [1.82, 2.24) is 9.97 Å². The summed E-state index contributed by atoms with van der Waals surface area (Å²) in [5.41, 5.74) is 2.45. The Morgan fingerprint density at radius 1 is 1.46 bits per heavy atom. The van der Waals surface area contributed by atoms with Crippen molar-refractivity contribution >= 4 is 11.6 Å². The number of nitrogens with two attached hydrogens (primary N) is 1. The number of rotatable bonds is 4. The molecular formula is C7H13N5O. The highest BCUT2D eigenvalue weighted by Crippen LogP contribution is 2.09. The second-order valence-corrected chi connectivity index (χ2v) is 2.38. The van der Waals surface area contributed by atoms with E-state index in [9.17, 15) is 0 Å². The molecule has 0 aliphatic rings. The van der Waals surface area contributed by atoms with Gasteiger partial charge in [-0.3, -0.25) is 0 Å². The number of nitrogen functional groups attached to an aromatic ring is 1. The first-order chi connectivity index (χ1) is 6.30. The van der Waals surface area contributed by atoms with Crippen LogP contribution >= 0.6 is 0 Å². The molecule has 0 radical (unpaired) electrons. The third kappa shape index (κ3) is 2.53. The van der Waals surface area contributed by atoms with E-state index in [4.69, 9.17) is 10.6 Å². The van der Waals surface area contributed by atoms with Gasteiger partial charge in [0.1, 0.15) is 18.2 Å². The van der Waals surface area contributed by atoms with Crippen LogP contribution in [0.1, 0.15) is 5.82 Å². The van der Waals surface area contributed by atoms with Gasteiger partial charge in [0, 0.05) is 20.2 Å². The molecule has 0 atom stereocenters. The van der Waals surface area contributed by atoms with Crippen LogP contribution in [0.25, 0.3) is 0 Å². The highest BCUT2D eigenvalue weighted by Gasteiger charge is 2.01. The minimum absolute atomic E-state index is 0.365. The predicted octanol–water partition coefficient (Wildman–Crippen LogP) is -0.0497. The lowest BCUT2D eigenvalue weighted by Crippen LogP contribution is -2.11. The van der Waals surface area contributed by atoms with Crippen LogP contribution in [-0.2, 0) is 11.3 Å². The SMILES string of the molecule is CNc1cc(NN)nc(COC)n1. The number of nitrogens with zero attached hydrogens (tertiary/aromatic N) is 2. The maximum absolute atomic E-state index is 5.23. The summed E-state index contributed by atoms with van der Waals surface area (Å²) in [5, 5.41) is 2.90. The third-order valence-electron chi connectivity index (χ3n) is 1.45. The summed E-state index contributed by atoms with van der Waals surface area (Å²) in [5.74, 6) is 7.08. The summed E-state index contributed by atoms with van der Waals surface area (Å²) < 4.78 is 4.91. The standard InChI is InChI=1S/C7H13N5O/c1-9-5-3-6(12-8)11-7(10-5)4-13-2/h3H,4,8H2,1-2H3,(H2,9,10,11,12). The average Bonchev–Trinajstić information content (AvgIpc) is 2.17. The number of methoxy groups -OCH3 is 1. The van der Waals surface area contributed by atoms with E-state index in [-0.39, 0.29) is 0 Å². The molecule has 1 rings (SSSR count). The fourth-order valence-corrected chi connectivity index (χ4v) is 0.893. The van der Waals surface area contributed by atoms with Crippen molar-refractivity contribution in [3.05, 3.63) is 11.9 Å². The molecule has 0 aliphatic heterocycles. The Bertz CT molecular complexity index is 255. The fraction of sp³-hybridized carbons (Fsp3) is 0.429. The van der Waals surface area contributed by atoms with Crippen LogP contribution in [0.15, 0.2) is 6.07 Å². The van der Waals surface area contributed by atoms with Crippen LogP contribution in [0.3, 0.4) is 0 Å². The number of aromatic nitrogens is 2. The minimum Gasteiger partial charge on any atom is -0.377 e. The minimum atomic E-state index is 0.365. The van der Waals surface area contributed by atoms with Crippen molar-refractivity contribution in [3.63, 3.8) is 0 Å². The van der Waals surface area contributed by atoms with Gasteiger partial charge >= 0.3 is 0 Å². The first-order valence-corrected chi connectivity index (χ1v) is 3.81. The Balaban J connectivity index is 2.93. The summed E-state index contributed by atoms with van der Waals surface area (Å²) in [6.45, 7) is 0.365. The normalized spacial score (nSPS) is 9.77. The third-order valence-corrected chi connectivity index (χ3v) is 1.45. The summed E-state index contributed by atoms with van der Waals surface area (Å²) in [6.07, 6.45) is 0. The Kier molecular flexibility index (Phi) is 3.41. The Labute approximate surface area is 76.5 Å². The molecule has 0 spiro atoms. The van der Waals surface area contributed by atoms with Crippen LogP contribution in [0.4, 0.5) is 11.6 Å². The molecular weight excluding hydrogens is 170 g/mol. The monoisotopic (exact) mass is 183 g/mol. The molecule has 13 heavy (non-hydrogen) atoms. The highest BCUT2D eigenvalue weighted by molar-refractivity contribution is 5.46. The van der Waals surface area contributed by atoms with Crippen molar-refractivity contribution < 1.29 is 4.74 Å². The molecule has 0 bridgehead atoms. The van der Waals surface area contributed by atoms with Crippen LogP contribution in [0.5, 0.6) is 0 Å². The zero-order valence-electron chi connectivity index (χ0n) is 7.66. The van der Waals surface area contributed by atoms with Crippen LogP contribution < -0.4 is 16.6 Å². The van der Waals surface area contributed by atoms with Gasteiger partial charge < -0.3 is 15.5 Å². The predicted molar refractivity (Wildman–Crippen MR) is 50.1 cm³/mol. The zero-order valence-corrected chi connectivity index (χ0v) is 7.66. The molecule has 72 valence electrons. The lowest BCUT2D eigenvalue weighted by Gasteiger charge is -2.05. The van der Waals surface area contributed by atoms with Gasteiger partial charge in [-0.15, -0.1) is 0 Å². The highest BCUT2D eigenvalue weighted by atomic mass is 16.5. The quantitative estimate of drug-likeness (QED) is 0.448. The van der Waals surface area contributed by atoms with E-state index in [0.717, 1.165) is 0 Å². The Morgan fingerprint density at radius 2 is 2.15 bits per heavy atom. The molecule has 1 aromatic rings. The molecule has 0 aliphatic carbocycles. The molecule has 0 amide bonds. The van der Waals surface area contributed by atoms with Crippen LogP contribution in [-0.4, -0.2) is 24.1 Å². The molecule has 4 N–H and O–H groups in total. The molecule has 0 saturated carbocycles. The number of anilines is 2. The van der Waals surface area contributed by atoms with Gasteiger partial charge in [-0.25, -0.2) is 15.8 Å². The maximum atomic E-state index is 5.23. The number of hydrogen-bond donors (Lipinski definition) is 3. The van der Waals surface area contributed by atoms with E-state index in [1.807, 2.05) is 0 Å². The van der Waals surface area contributed by atoms with Crippen molar-refractivity contribution in [2.24, 2.45) is 5.84 Å². The van der Waals surface area contributed by atoms with Gasteiger partial charge in [-0.05, 0) is 0 Å². The maximum Gasteiger partial charge on any atom is 0.158 e. The summed E-state index contributed by atoms with van der Waals surface area (Å²) >= 11 is 0. The second-order valence-electron chi connectivity index (χ2n) is 2.38. The molecule has 1 aromatic heterocycles. The molecule has 0 unspecified atom stereocenters. The van der Waals surface area contributed by atoms with Crippen molar-refractivity contribution in [2.45, 2.75) is 6.61 Å². The van der Waals surface area contributed by atoms with Gasteiger partial charge in [0.25, 0.3) is 0 Å². The average molecular weight is 183 g/mol. The zero-order chi connectivity index (χ0) is 9.68. The first kappa shape index (κ1) is 9.69. The summed E-state index contributed by atoms with van der Waals surface area (Å²) in [6, 6.07) is 1.71. The topological polar surface area (TPSA) is 85.1 Å². The molecule has 6 heteroatoms. The summed E-state index contributed by atoms with van der Waals surface area (Å²) in [7, 11) is 3.37. The van der Waals surface area contributed by atoms with Gasteiger partial charge in [0.2, 0.25) is 0 Å². The lowest BCUT2D eigenvalue weighted by atomic mass is 10.5. The number of nitrogens with one attached hydrogen (secondary N) is 2. The van der Waals surface area contributed by atoms with Gasteiger partial charge in [0.05, 0.1) is 0 Å². The van der Waals surface area contributed by atoms with Crippen LogP contribution in [0.2, 0.25) is 0 Å². The van der Waals surface area contributed by atoms with E-state index >= 15 is 0 Å². The number of hydrogen-bond acceptors (Lipinski definition) is 6. The second kappa shape index (κ2) is 4.58. The molecule has 1 heterocycles. The van der Waals surface area contributed by atoms with Gasteiger partial charge in [-0.2, -0.15) is 0 Å². The van der Waals surface area contributed by atoms with Crippen molar-refractivity contribution in [2.75, 3.05) is 24.9 Å². The molecule has 0 saturated heterocycles. The van der Waals surface area contributed by atoms with E-state index in [1.165, 1.54) is 0 Å². The molecule has 0 aromatic carbocycles. The Hall–Kier alpha value is -1.40. The molecule has 6 nitrogen and oxygen atoms in total.